The summed E-state index contributed by atoms with van der Waals surface area (Å²) in [4.78, 5) is 4.46. The van der Waals surface area contributed by atoms with E-state index in [1.165, 1.54) is 5.56 Å². The number of methoxy groups -OCH3 is 1. The number of hydrogen-bond donors (Lipinski definition) is 1. The highest BCUT2D eigenvalue weighted by molar-refractivity contribution is 5.72. The lowest BCUT2D eigenvalue weighted by molar-refractivity contribution is 0.415. The highest BCUT2D eigenvalue weighted by Gasteiger charge is 2.23. The van der Waals surface area contributed by atoms with Crippen LogP contribution in [0.15, 0.2) is 24.3 Å². The number of hydrogen-bond acceptors (Lipinski definition) is 4. The first-order chi connectivity index (χ1) is 9.74. The molecule has 0 saturated heterocycles. The molecule has 1 heterocycles. The van der Waals surface area contributed by atoms with E-state index < -0.39 is 0 Å². The molecule has 0 saturated carbocycles. The summed E-state index contributed by atoms with van der Waals surface area (Å²) < 4.78 is 5.17. The Kier molecular flexibility index (Phi) is 3.03. The molecule has 0 spiro atoms. The number of nitriles is 1. The number of rotatable bonds is 2. The minimum Gasteiger partial charge on any atom is -0.497 e. The smallest absolute Gasteiger partial charge is 0.142 e. The van der Waals surface area contributed by atoms with Crippen LogP contribution in [-0.2, 0) is 12.8 Å². The SMILES string of the molecule is COc1ccc(-c2nc(N)c(C#N)c3c2CCC3)cc1. The van der Waals surface area contributed by atoms with Crippen molar-refractivity contribution in [2.24, 2.45) is 0 Å². The summed E-state index contributed by atoms with van der Waals surface area (Å²) in [5, 5.41) is 9.23. The molecule has 0 aliphatic heterocycles. The van der Waals surface area contributed by atoms with Crippen molar-refractivity contribution in [1.82, 2.24) is 4.98 Å². The molecule has 0 atom stereocenters. The van der Waals surface area contributed by atoms with E-state index in [4.69, 9.17) is 10.5 Å². The molecule has 1 aromatic heterocycles. The van der Waals surface area contributed by atoms with Gasteiger partial charge in [-0.25, -0.2) is 4.98 Å². The van der Waals surface area contributed by atoms with Crippen LogP contribution in [0.4, 0.5) is 5.82 Å². The van der Waals surface area contributed by atoms with E-state index in [-0.39, 0.29) is 0 Å². The van der Waals surface area contributed by atoms with Gasteiger partial charge in [0.25, 0.3) is 0 Å². The van der Waals surface area contributed by atoms with Gasteiger partial charge in [-0.15, -0.1) is 0 Å². The first-order valence-electron chi connectivity index (χ1n) is 6.60. The second kappa shape index (κ2) is 4.86. The summed E-state index contributed by atoms with van der Waals surface area (Å²) in [5.41, 5.74) is 10.6. The Morgan fingerprint density at radius 2 is 1.90 bits per heavy atom. The number of nitrogens with two attached hydrogens (primary N) is 1. The molecular weight excluding hydrogens is 250 g/mol. The van der Waals surface area contributed by atoms with Crippen LogP contribution >= 0.6 is 0 Å². The van der Waals surface area contributed by atoms with Gasteiger partial charge in [0.15, 0.2) is 0 Å². The van der Waals surface area contributed by atoms with Crippen molar-refractivity contribution in [3.05, 3.63) is 41.0 Å². The molecule has 1 aromatic carbocycles. The molecular formula is C16H15N3O. The maximum atomic E-state index is 9.23. The van der Waals surface area contributed by atoms with Crippen molar-refractivity contribution in [3.63, 3.8) is 0 Å². The van der Waals surface area contributed by atoms with Crippen molar-refractivity contribution in [1.29, 1.82) is 5.26 Å². The van der Waals surface area contributed by atoms with Gasteiger partial charge in [-0.3, -0.25) is 0 Å². The van der Waals surface area contributed by atoms with E-state index in [0.717, 1.165) is 41.8 Å². The summed E-state index contributed by atoms with van der Waals surface area (Å²) in [5.74, 6) is 1.14. The molecule has 3 rings (SSSR count). The normalized spacial score (nSPS) is 12.8. The van der Waals surface area contributed by atoms with Crippen LogP contribution in [0, 0.1) is 11.3 Å². The Labute approximate surface area is 117 Å². The highest BCUT2D eigenvalue weighted by Crippen LogP contribution is 2.35. The zero-order valence-electron chi connectivity index (χ0n) is 11.3. The van der Waals surface area contributed by atoms with Crippen molar-refractivity contribution in [3.8, 4) is 23.1 Å². The number of nitrogens with zero attached hydrogens (tertiary/aromatic N) is 2. The maximum Gasteiger partial charge on any atom is 0.142 e. The minimum absolute atomic E-state index is 0.332. The quantitative estimate of drug-likeness (QED) is 0.906. The van der Waals surface area contributed by atoms with Crippen molar-refractivity contribution < 1.29 is 4.74 Å². The van der Waals surface area contributed by atoms with Gasteiger partial charge in [0.05, 0.1) is 18.4 Å². The molecule has 2 aromatic rings. The molecule has 0 bridgehead atoms. The first-order valence-corrected chi connectivity index (χ1v) is 6.60. The number of anilines is 1. The Balaban J connectivity index is 2.17. The molecule has 2 N–H and O–H groups in total. The van der Waals surface area contributed by atoms with Gasteiger partial charge in [0, 0.05) is 5.56 Å². The van der Waals surface area contributed by atoms with Crippen LogP contribution in [0.25, 0.3) is 11.3 Å². The standard InChI is InChI=1S/C16H15N3O/c1-20-11-7-5-10(6-8-11)15-13-4-2-3-12(13)14(9-17)16(18)19-15/h5-8H,2-4H2,1H3,(H2,18,19). The predicted molar refractivity (Wildman–Crippen MR) is 77.4 cm³/mol. The predicted octanol–water partition coefficient (Wildman–Crippen LogP) is 2.70. The molecule has 4 heteroatoms. The fraction of sp³-hybridized carbons (Fsp3) is 0.250. The second-order valence-electron chi connectivity index (χ2n) is 4.87. The Hall–Kier alpha value is -2.54. The van der Waals surface area contributed by atoms with E-state index >= 15 is 0 Å². The summed E-state index contributed by atoms with van der Waals surface area (Å²) in [6, 6.07) is 9.96. The topological polar surface area (TPSA) is 71.9 Å². The number of nitrogen functional groups attached to an aromatic ring is 1. The molecule has 0 unspecified atom stereocenters. The third-order valence-corrected chi connectivity index (χ3v) is 3.77. The number of pyridine rings is 1. The van der Waals surface area contributed by atoms with Gasteiger partial charge in [-0.05, 0) is 54.7 Å². The zero-order chi connectivity index (χ0) is 14.1. The Bertz CT molecular complexity index is 699. The number of aromatic nitrogens is 1. The van der Waals surface area contributed by atoms with Crippen LogP contribution in [0.1, 0.15) is 23.1 Å². The fourth-order valence-electron chi connectivity index (χ4n) is 2.79. The average Bonchev–Trinajstić information content (AvgIpc) is 2.96. The van der Waals surface area contributed by atoms with E-state index in [1.54, 1.807) is 7.11 Å². The highest BCUT2D eigenvalue weighted by atomic mass is 16.5. The molecule has 4 nitrogen and oxygen atoms in total. The van der Waals surface area contributed by atoms with E-state index in [1.807, 2.05) is 24.3 Å². The summed E-state index contributed by atoms with van der Waals surface area (Å²) >= 11 is 0. The summed E-state index contributed by atoms with van der Waals surface area (Å²) in [6.07, 6.45) is 2.92. The molecule has 1 aliphatic rings. The maximum absolute atomic E-state index is 9.23. The zero-order valence-corrected chi connectivity index (χ0v) is 11.3. The third-order valence-electron chi connectivity index (χ3n) is 3.77. The Morgan fingerprint density at radius 3 is 2.55 bits per heavy atom. The molecule has 20 heavy (non-hydrogen) atoms. The van der Waals surface area contributed by atoms with Crippen molar-refractivity contribution in [2.75, 3.05) is 12.8 Å². The fourth-order valence-corrected chi connectivity index (χ4v) is 2.79. The van der Waals surface area contributed by atoms with E-state index in [9.17, 15) is 5.26 Å². The van der Waals surface area contributed by atoms with Gasteiger partial charge >= 0.3 is 0 Å². The molecule has 0 fully saturated rings. The third kappa shape index (κ3) is 1.88. The van der Waals surface area contributed by atoms with Gasteiger partial charge in [-0.2, -0.15) is 5.26 Å². The minimum atomic E-state index is 0.332. The monoisotopic (exact) mass is 265 g/mol. The summed E-state index contributed by atoms with van der Waals surface area (Å²) in [7, 11) is 1.64. The van der Waals surface area contributed by atoms with Crippen LogP contribution in [0.2, 0.25) is 0 Å². The molecule has 0 radical (unpaired) electrons. The van der Waals surface area contributed by atoms with Gasteiger partial charge in [0.1, 0.15) is 17.6 Å². The lowest BCUT2D eigenvalue weighted by Gasteiger charge is -2.11. The van der Waals surface area contributed by atoms with Gasteiger partial charge in [-0.1, -0.05) is 0 Å². The van der Waals surface area contributed by atoms with Gasteiger partial charge in [0.2, 0.25) is 0 Å². The Morgan fingerprint density at radius 1 is 1.20 bits per heavy atom. The van der Waals surface area contributed by atoms with Crippen LogP contribution in [0.3, 0.4) is 0 Å². The van der Waals surface area contributed by atoms with Crippen LogP contribution in [-0.4, -0.2) is 12.1 Å². The molecule has 100 valence electrons. The van der Waals surface area contributed by atoms with E-state index in [0.29, 0.717) is 11.4 Å². The van der Waals surface area contributed by atoms with Crippen LogP contribution in [0.5, 0.6) is 5.75 Å². The summed E-state index contributed by atoms with van der Waals surface area (Å²) in [6.45, 7) is 0. The first kappa shape index (κ1) is 12.5. The number of fused-ring (bicyclic) bond motifs is 1. The van der Waals surface area contributed by atoms with E-state index in [2.05, 4.69) is 11.1 Å². The van der Waals surface area contributed by atoms with Gasteiger partial charge < -0.3 is 10.5 Å². The lowest BCUT2D eigenvalue weighted by Crippen LogP contribution is -2.03. The second-order valence-corrected chi connectivity index (χ2v) is 4.87. The molecule has 0 amide bonds. The number of ether oxygens (including phenoxy) is 1. The lowest BCUT2D eigenvalue weighted by atomic mass is 9.99. The van der Waals surface area contributed by atoms with Crippen LogP contribution < -0.4 is 10.5 Å². The van der Waals surface area contributed by atoms with Crippen molar-refractivity contribution in [2.45, 2.75) is 19.3 Å². The largest absolute Gasteiger partial charge is 0.497 e. The molecule has 1 aliphatic carbocycles. The number of benzene rings is 1. The van der Waals surface area contributed by atoms with Crippen molar-refractivity contribution >= 4 is 5.82 Å². The average molecular weight is 265 g/mol.